The minimum absolute atomic E-state index is 0. The molecule has 1 rings (SSSR count). The van der Waals surface area contributed by atoms with Crippen molar-refractivity contribution in [1.82, 2.24) is 10.6 Å². The molecule has 1 fully saturated rings. The van der Waals surface area contributed by atoms with Gasteiger partial charge in [-0.15, -0.1) is 12.4 Å². The highest BCUT2D eigenvalue weighted by atomic mass is 35.5. The van der Waals surface area contributed by atoms with Crippen LogP contribution in [0.25, 0.3) is 0 Å². The molecule has 3 atom stereocenters. The van der Waals surface area contributed by atoms with E-state index in [-0.39, 0.29) is 30.2 Å². The molecule has 0 saturated carbocycles. The van der Waals surface area contributed by atoms with Crippen molar-refractivity contribution in [1.29, 1.82) is 0 Å². The van der Waals surface area contributed by atoms with Crippen molar-refractivity contribution in [2.45, 2.75) is 39.3 Å². The van der Waals surface area contributed by atoms with Gasteiger partial charge in [0, 0.05) is 13.1 Å². The second kappa shape index (κ2) is 9.96. The third-order valence-corrected chi connectivity index (χ3v) is 3.27. The van der Waals surface area contributed by atoms with Crippen LogP contribution in [0.2, 0.25) is 0 Å². The van der Waals surface area contributed by atoms with Gasteiger partial charge in [-0.1, -0.05) is 20.3 Å². The van der Waals surface area contributed by atoms with Crippen LogP contribution >= 0.6 is 12.4 Å². The first-order valence-corrected chi connectivity index (χ1v) is 6.89. The lowest BCUT2D eigenvalue weighted by molar-refractivity contribution is -0.151. The SMILES string of the molecule is CCOC(=O)C(NC(=O)C1CNCCO1)C(C)CC.Cl. The van der Waals surface area contributed by atoms with E-state index in [2.05, 4.69) is 10.6 Å². The molecule has 1 heterocycles. The van der Waals surface area contributed by atoms with Crippen LogP contribution in [0.3, 0.4) is 0 Å². The van der Waals surface area contributed by atoms with Crippen LogP contribution in [-0.2, 0) is 19.1 Å². The number of rotatable bonds is 6. The Bertz CT molecular complexity index is 309. The van der Waals surface area contributed by atoms with E-state index in [1.165, 1.54) is 0 Å². The molecule has 1 aliphatic rings. The zero-order valence-corrected chi connectivity index (χ0v) is 13.1. The van der Waals surface area contributed by atoms with Crippen molar-refractivity contribution in [3.63, 3.8) is 0 Å². The topological polar surface area (TPSA) is 76.7 Å². The number of halogens is 1. The number of morpholine rings is 1. The Hall–Kier alpha value is -0.850. The molecule has 0 radical (unpaired) electrons. The molecule has 0 aromatic heterocycles. The van der Waals surface area contributed by atoms with Gasteiger partial charge in [0.25, 0.3) is 5.91 Å². The molecular formula is C13H25ClN2O4. The van der Waals surface area contributed by atoms with Gasteiger partial charge in [0.15, 0.2) is 0 Å². The van der Waals surface area contributed by atoms with Crippen molar-refractivity contribution in [3.8, 4) is 0 Å². The van der Waals surface area contributed by atoms with Crippen LogP contribution in [0.5, 0.6) is 0 Å². The molecule has 0 bridgehead atoms. The number of hydrogen-bond donors (Lipinski definition) is 2. The number of nitrogens with one attached hydrogen (secondary N) is 2. The van der Waals surface area contributed by atoms with E-state index in [0.717, 1.165) is 13.0 Å². The van der Waals surface area contributed by atoms with Gasteiger partial charge >= 0.3 is 5.97 Å². The molecule has 0 aromatic carbocycles. The van der Waals surface area contributed by atoms with Gasteiger partial charge < -0.3 is 20.1 Å². The van der Waals surface area contributed by atoms with Crippen molar-refractivity contribution < 1.29 is 19.1 Å². The number of hydrogen-bond acceptors (Lipinski definition) is 5. The third kappa shape index (κ3) is 5.64. The number of ether oxygens (including phenoxy) is 2. The Morgan fingerprint density at radius 2 is 2.15 bits per heavy atom. The summed E-state index contributed by atoms with van der Waals surface area (Å²) in [5, 5.41) is 5.83. The average molecular weight is 309 g/mol. The summed E-state index contributed by atoms with van der Waals surface area (Å²) in [5.41, 5.74) is 0. The van der Waals surface area contributed by atoms with Crippen molar-refractivity contribution in [2.75, 3.05) is 26.3 Å². The van der Waals surface area contributed by atoms with Crippen LogP contribution in [0.4, 0.5) is 0 Å². The Morgan fingerprint density at radius 3 is 2.65 bits per heavy atom. The highest BCUT2D eigenvalue weighted by Crippen LogP contribution is 2.10. The smallest absolute Gasteiger partial charge is 0.328 e. The molecule has 1 amide bonds. The van der Waals surface area contributed by atoms with Gasteiger partial charge in [-0.3, -0.25) is 4.79 Å². The molecule has 1 aliphatic heterocycles. The first kappa shape index (κ1) is 19.1. The molecular weight excluding hydrogens is 284 g/mol. The van der Waals surface area contributed by atoms with Gasteiger partial charge in [-0.2, -0.15) is 0 Å². The monoisotopic (exact) mass is 308 g/mol. The standard InChI is InChI=1S/C13H24N2O4.ClH/c1-4-9(3)11(13(17)18-5-2)15-12(16)10-8-14-6-7-19-10;/h9-11,14H,4-8H2,1-3H3,(H,15,16);1H. The van der Waals surface area contributed by atoms with Crippen LogP contribution in [0, 0.1) is 5.92 Å². The van der Waals surface area contributed by atoms with Crippen molar-refractivity contribution >= 4 is 24.3 Å². The predicted molar refractivity (Wildman–Crippen MR) is 77.9 cm³/mol. The highest BCUT2D eigenvalue weighted by molar-refractivity contribution is 5.87. The summed E-state index contributed by atoms with van der Waals surface area (Å²) in [5.74, 6) is -0.612. The molecule has 6 nitrogen and oxygen atoms in total. The fraction of sp³-hybridized carbons (Fsp3) is 0.846. The van der Waals surface area contributed by atoms with E-state index in [4.69, 9.17) is 9.47 Å². The Balaban J connectivity index is 0.00000361. The Morgan fingerprint density at radius 1 is 1.45 bits per heavy atom. The third-order valence-electron chi connectivity index (χ3n) is 3.27. The fourth-order valence-corrected chi connectivity index (χ4v) is 1.88. The summed E-state index contributed by atoms with van der Waals surface area (Å²) < 4.78 is 10.4. The van der Waals surface area contributed by atoms with E-state index in [1.807, 2.05) is 13.8 Å². The molecule has 2 N–H and O–H groups in total. The van der Waals surface area contributed by atoms with Crippen LogP contribution < -0.4 is 10.6 Å². The summed E-state index contributed by atoms with van der Waals surface area (Å²) >= 11 is 0. The molecule has 7 heteroatoms. The quantitative estimate of drug-likeness (QED) is 0.698. The van der Waals surface area contributed by atoms with Gasteiger partial charge in [0.05, 0.1) is 13.2 Å². The fourth-order valence-electron chi connectivity index (χ4n) is 1.88. The lowest BCUT2D eigenvalue weighted by Gasteiger charge is -2.27. The molecule has 118 valence electrons. The Labute approximate surface area is 126 Å². The van der Waals surface area contributed by atoms with E-state index in [1.54, 1.807) is 6.92 Å². The first-order chi connectivity index (χ1) is 9.10. The van der Waals surface area contributed by atoms with Gasteiger partial charge in [-0.05, 0) is 12.8 Å². The minimum atomic E-state index is -0.608. The van der Waals surface area contributed by atoms with E-state index in [0.29, 0.717) is 19.8 Å². The maximum Gasteiger partial charge on any atom is 0.328 e. The van der Waals surface area contributed by atoms with Crippen LogP contribution in [-0.4, -0.2) is 50.3 Å². The second-order valence-electron chi connectivity index (χ2n) is 4.69. The molecule has 20 heavy (non-hydrogen) atoms. The maximum absolute atomic E-state index is 12.1. The summed E-state index contributed by atoms with van der Waals surface area (Å²) in [6.07, 6.45) is 0.253. The van der Waals surface area contributed by atoms with Gasteiger partial charge in [0.1, 0.15) is 12.1 Å². The van der Waals surface area contributed by atoms with E-state index >= 15 is 0 Å². The zero-order chi connectivity index (χ0) is 14.3. The van der Waals surface area contributed by atoms with Crippen molar-refractivity contribution in [2.24, 2.45) is 5.92 Å². The predicted octanol–water partition coefficient (Wildman–Crippen LogP) is 0.491. The van der Waals surface area contributed by atoms with Crippen LogP contribution in [0.1, 0.15) is 27.2 Å². The maximum atomic E-state index is 12.1. The second-order valence-corrected chi connectivity index (χ2v) is 4.69. The largest absolute Gasteiger partial charge is 0.464 e. The average Bonchev–Trinajstić information content (AvgIpc) is 2.44. The molecule has 0 aromatic rings. The number of esters is 1. The number of carbonyl (C=O) groups excluding carboxylic acids is 2. The van der Waals surface area contributed by atoms with Gasteiger partial charge in [0.2, 0.25) is 0 Å². The number of amides is 1. The minimum Gasteiger partial charge on any atom is -0.464 e. The molecule has 0 aliphatic carbocycles. The normalized spacial score (nSPS) is 21.2. The number of carbonyl (C=O) groups is 2. The summed E-state index contributed by atoms with van der Waals surface area (Å²) in [6.45, 7) is 7.68. The first-order valence-electron chi connectivity index (χ1n) is 6.89. The van der Waals surface area contributed by atoms with Gasteiger partial charge in [-0.25, -0.2) is 4.79 Å². The lowest BCUT2D eigenvalue weighted by atomic mass is 9.99. The molecule has 3 unspecified atom stereocenters. The van der Waals surface area contributed by atoms with E-state index < -0.39 is 12.1 Å². The Kier molecular flexibility index (Phi) is 9.54. The summed E-state index contributed by atoms with van der Waals surface area (Å²) in [4.78, 5) is 23.9. The zero-order valence-electron chi connectivity index (χ0n) is 12.3. The van der Waals surface area contributed by atoms with E-state index in [9.17, 15) is 9.59 Å². The van der Waals surface area contributed by atoms with Crippen LogP contribution in [0.15, 0.2) is 0 Å². The summed E-state index contributed by atoms with van der Waals surface area (Å²) in [6, 6.07) is -0.608. The molecule has 1 saturated heterocycles. The lowest BCUT2D eigenvalue weighted by Crippen LogP contribution is -2.54. The summed E-state index contributed by atoms with van der Waals surface area (Å²) in [7, 11) is 0. The highest BCUT2D eigenvalue weighted by Gasteiger charge is 2.30. The molecule has 0 spiro atoms. The van der Waals surface area contributed by atoms with Crippen molar-refractivity contribution in [3.05, 3.63) is 0 Å².